The minimum atomic E-state index is -0.267. The fourth-order valence-corrected chi connectivity index (χ4v) is 11.0. The Kier molecular flexibility index (Phi) is 9.48. The molecule has 0 radical (unpaired) electrons. The molecule has 1 aliphatic carbocycles. The van der Waals surface area contributed by atoms with Gasteiger partial charge in [0, 0.05) is 72.6 Å². The SMILES string of the molecule is CC1(C)c2ccccc2-c2c(N(c3ccccc3)c3ccccc3)cc(N(c3ccccc3)c3cccc(N(c4ccccc4)c4ccc5c6ccccc6c6oc7ccccc7c6c5c4)c3)cc21. The van der Waals surface area contributed by atoms with Crippen molar-refractivity contribution in [1.29, 1.82) is 0 Å². The van der Waals surface area contributed by atoms with E-state index in [-0.39, 0.29) is 5.41 Å². The molecule has 13 rings (SSSR count). The molecule has 0 amide bonds. The molecule has 0 atom stereocenters. The van der Waals surface area contributed by atoms with E-state index in [9.17, 15) is 0 Å². The second-order valence-electron chi connectivity index (χ2n) is 18.5. The number of nitrogens with zero attached hydrogens (tertiary/aromatic N) is 3. The van der Waals surface area contributed by atoms with E-state index >= 15 is 0 Å². The van der Waals surface area contributed by atoms with Crippen LogP contribution in [-0.2, 0) is 5.41 Å². The van der Waals surface area contributed by atoms with E-state index < -0.39 is 0 Å². The number of hydrogen-bond acceptors (Lipinski definition) is 4. The molecular weight excluding hydrogens is 839 g/mol. The number of furan rings is 1. The summed E-state index contributed by atoms with van der Waals surface area (Å²) in [5, 5.41) is 6.90. The zero-order valence-corrected chi connectivity index (χ0v) is 38.4. The molecule has 0 saturated heterocycles. The van der Waals surface area contributed by atoms with Gasteiger partial charge in [-0.05, 0) is 130 Å². The highest BCUT2D eigenvalue weighted by Crippen LogP contribution is 2.57. The van der Waals surface area contributed by atoms with Gasteiger partial charge in [0.05, 0.1) is 5.69 Å². The Morgan fingerprint density at radius 2 is 0.797 bits per heavy atom. The predicted octanol–water partition coefficient (Wildman–Crippen LogP) is 18.6. The summed E-state index contributed by atoms with van der Waals surface area (Å²) in [7, 11) is 0. The molecule has 0 saturated carbocycles. The highest BCUT2D eigenvalue weighted by Gasteiger charge is 2.39. The molecule has 1 heterocycles. The second-order valence-corrected chi connectivity index (χ2v) is 18.5. The molecule has 11 aromatic carbocycles. The van der Waals surface area contributed by atoms with Gasteiger partial charge >= 0.3 is 0 Å². The van der Waals surface area contributed by atoms with Gasteiger partial charge < -0.3 is 19.1 Å². The van der Waals surface area contributed by atoms with Crippen molar-refractivity contribution in [2.24, 2.45) is 0 Å². The lowest BCUT2D eigenvalue weighted by Crippen LogP contribution is -2.18. The summed E-state index contributed by atoms with van der Waals surface area (Å²) in [5.41, 5.74) is 16.4. The van der Waals surface area contributed by atoms with Crippen LogP contribution in [0.4, 0.5) is 51.2 Å². The van der Waals surface area contributed by atoms with Gasteiger partial charge in [-0.15, -0.1) is 0 Å². The third kappa shape index (κ3) is 6.59. The second kappa shape index (κ2) is 16.2. The quantitative estimate of drug-likeness (QED) is 0.135. The van der Waals surface area contributed by atoms with E-state index in [1.54, 1.807) is 0 Å². The fraction of sp³-hybridized carbons (Fsp3) is 0.0462. The van der Waals surface area contributed by atoms with Crippen LogP contribution in [0.1, 0.15) is 25.0 Å². The van der Waals surface area contributed by atoms with E-state index in [2.05, 4.69) is 277 Å². The van der Waals surface area contributed by atoms with E-state index in [4.69, 9.17) is 4.42 Å². The monoisotopic (exact) mass is 885 g/mol. The van der Waals surface area contributed by atoms with E-state index in [1.807, 2.05) is 0 Å². The van der Waals surface area contributed by atoms with Gasteiger partial charge in [-0.25, -0.2) is 0 Å². The molecule has 0 fully saturated rings. The largest absolute Gasteiger partial charge is 0.455 e. The van der Waals surface area contributed by atoms with Crippen LogP contribution in [0.25, 0.3) is 54.6 Å². The Labute approximate surface area is 402 Å². The van der Waals surface area contributed by atoms with Gasteiger partial charge in [0.2, 0.25) is 0 Å². The topological polar surface area (TPSA) is 22.9 Å². The summed E-state index contributed by atoms with van der Waals surface area (Å²) in [4.78, 5) is 7.24. The molecule has 4 nitrogen and oxygen atoms in total. The predicted molar refractivity (Wildman–Crippen MR) is 290 cm³/mol. The maximum Gasteiger partial charge on any atom is 0.143 e. The van der Waals surface area contributed by atoms with Crippen molar-refractivity contribution in [2.45, 2.75) is 19.3 Å². The molecule has 4 heteroatoms. The smallest absolute Gasteiger partial charge is 0.143 e. The van der Waals surface area contributed by atoms with E-state index in [0.717, 1.165) is 83.9 Å². The van der Waals surface area contributed by atoms with Crippen molar-refractivity contribution >= 4 is 94.7 Å². The molecule has 0 unspecified atom stereocenters. The first-order valence-electron chi connectivity index (χ1n) is 23.8. The first kappa shape index (κ1) is 40.4. The summed E-state index contributed by atoms with van der Waals surface area (Å²) < 4.78 is 6.68. The van der Waals surface area contributed by atoms with Crippen molar-refractivity contribution in [1.82, 2.24) is 0 Å². The Hall–Kier alpha value is -8.86. The summed E-state index contributed by atoms with van der Waals surface area (Å²) in [5.74, 6) is 0. The maximum atomic E-state index is 6.68. The number of hydrogen-bond donors (Lipinski definition) is 0. The normalized spacial score (nSPS) is 12.6. The first-order chi connectivity index (χ1) is 34.0. The molecule has 69 heavy (non-hydrogen) atoms. The van der Waals surface area contributed by atoms with Gasteiger partial charge in [0.1, 0.15) is 11.2 Å². The maximum absolute atomic E-state index is 6.68. The summed E-state index contributed by atoms with van der Waals surface area (Å²) in [6.07, 6.45) is 0. The van der Waals surface area contributed by atoms with Crippen molar-refractivity contribution in [2.75, 3.05) is 14.7 Å². The van der Waals surface area contributed by atoms with Crippen molar-refractivity contribution in [3.63, 3.8) is 0 Å². The Bertz CT molecular complexity index is 3840. The molecule has 12 aromatic rings. The molecule has 0 spiro atoms. The van der Waals surface area contributed by atoms with Crippen molar-refractivity contribution in [3.8, 4) is 11.1 Å². The molecular formula is C65H47N3O. The van der Waals surface area contributed by atoms with Gasteiger partial charge in [0.25, 0.3) is 0 Å². The lowest BCUT2D eigenvalue weighted by molar-refractivity contribution is 0.660. The highest BCUT2D eigenvalue weighted by molar-refractivity contribution is 6.30. The zero-order chi connectivity index (χ0) is 46.1. The Morgan fingerprint density at radius 1 is 0.319 bits per heavy atom. The van der Waals surface area contributed by atoms with Gasteiger partial charge in [-0.1, -0.05) is 166 Å². The van der Waals surface area contributed by atoms with Gasteiger partial charge in [-0.2, -0.15) is 0 Å². The van der Waals surface area contributed by atoms with E-state index in [0.29, 0.717) is 0 Å². The van der Waals surface area contributed by atoms with Crippen molar-refractivity contribution < 1.29 is 4.42 Å². The third-order valence-corrected chi connectivity index (χ3v) is 14.1. The van der Waals surface area contributed by atoms with Crippen LogP contribution in [-0.4, -0.2) is 0 Å². The average molecular weight is 886 g/mol. The van der Waals surface area contributed by atoms with Crippen LogP contribution in [0, 0.1) is 0 Å². The zero-order valence-electron chi connectivity index (χ0n) is 38.4. The number of anilines is 9. The lowest BCUT2D eigenvalue weighted by Gasteiger charge is -2.33. The summed E-state index contributed by atoms with van der Waals surface area (Å²) >= 11 is 0. The minimum absolute atomic E-state index is 0.267. The number of para-hydroxylation sites is 5. The first-order valence-corrected chi connectivity index (χ1v) is 23.8. The van der Waals surface area contributed by atoms with Crippen molar-refractivity contribution in [3.05, 3.63) is 260 Å². The standard InChI is InChI=1S/C65H47N3O/c1-65(2)58-36-19-17-34-55(58)63-59(65)42-51(43-60(63)68(46-26-11-5-12-27-46)47-28-13-6-14-29-47)67(45-24-9-4-10-25-45)49-31-21-30-48(40-49)66(44-22-7-3-8-23-44)50-38-39-53-52-32-15-16-33-54(52)64-62(57(53)41-50)56-35-18-20-37-61(56)69-64/h3-43H,1-2H3. The Morgan fingerprint density at radius 3 is 1.43 bits per heavy atom. The molecule has 1 aliphatic rings. The number of benzene rings is 11. The average Bonchev–Trinajstić information content (AvgIpc) is 3.91. The van der Waals surface area contributed by atoms with Crippen LogP contribution >= 0.6 is 0 Å². The van der Waals surface area contributed by atoms with Crippen LogP contribution in [0.15, 0.2) is 253 Å². The van der Waals surface area contributed by atoms with Crippen LogP contribution in [0.5, 0.6) is 0 Å². The Balaban J connectivity index is 1.04. The molecule has 0 N–H and O–H groups in total. The lowest BCUT2D eigenvalue weighted by atomic mass is 9.82. The fourth-order valence-electron chi connectivity index (χ4n) is 11.0. The molecule has 0 aliphatic heterocycles. The highest BCUT2D eigenvalue weighted by atomic mass is 16.3. The van der Waals surface area contributed by atoms with E-state index in [1.165, 1.54) is 33.0 Å². The van der Waals surface area contributed by atoms with Crippen LogP contribution in [0.3, 0.4) is 0 Å². The molecule has 0 bridgehead atoms. The minimum Gasteiger partial charge on any atom is -0.455 e. The summed E-state index contributed by atoms with van der Waals surface area (Å²) in [6.45, 7) is 4.75. The third-order valence-electron chi connectivity index (χ3n) is 14.1. The molecule has 1 aromatic heterocycles. The van der Waals surface area contributed by atoms with Gasteiger partial charge in [0.15, 0.2) is 0 Å². The summed E-state index contributed by atoms with van der Waals surface area (Å²) in [6, 6.07) is 89.8. The van der Waals surface area contributed by atoms with Gasteiger partial charge in [-0.3, -0.25) is 0 Å². The molecule has 328 valence electrons. The van der Waals surface area contributed by atoms with Crippen LogP contribution < -0.4 is 14.7 Å². The number of fused-ring (bicyclic) bond motifs is 11. The van der Waals surface area contributed by atoms with Crippen LogP contribution in [0.2, 0.25) is 0 Å². The number of rotatable bonds is 9.